The molecule has 17 heavy (non-hydrogen) atoms. The summed E-state index contributed by atoms with van der Waals surface area (Å²) in [4.78, 5) is 15.7. The summed E-state index contributed by atoms with van der Waals surface area (Å²) in [7, 11) is 0. The molecule has 0 saturated carbocycles. The molecule has 2 N–H and O–H groups in total. The summed E-state index contributed by atoms with van der Waals surface area (Å²) in [6.45, 7) is 0.688. The Morgan fingerprint density at radius 3 is 3.18 bits per heavy atom. The van der Waals surface area contributed by atoms with Gasteiger partial charge in [0.15, 0.2) is 0 Å². The van der Waals surface area contributed by atoms with Gasteiger partial charge in [-0.1, -0.05) is 0 Å². The lowest BCUT2D eigenvalue weighted by Crippen LogP contribution is -2.40. The molecular weight excluding hydrogens is 289 g/mol. The highest BCUT2D eigenvalue weighted by Gasteiger charge is 2.28. The van der Waals surface area contributed by atoms with E-state index < -0.39 is 12.2 Å². The summed E-state index contributed by atoms with van der Waals surface area (Å²) in [6.07, 6.45) is 1.00. The molecule has 1 aliphatic rings. The van der Waals surface area contributed by atoms with Crippen LogP contribution in [0.4, 0.5) is 4.39 Å². The maximum atomic E-state index is 12.9. The van der Waals surface area contributed by atoms with Gasteiger partial charge in [0.1, 0.15) is 10.8 Å². The van der Waals surface area contributed by atoms with E-state index in [4.69, 9.17) is 0 Å². The van der Waals surface area contributed by atoms with Crippen molar-refractivity contribution in [3.63, 3.8) is 0 Å². The molecule has 0 aromatic carbocycles. The Morgan fingerprint density at radius 2 is 2.53 bits per heavy atom. The van der Waals surface area contributed by atoms with Crippen molar-refractivity contribution in [2.45, 2.75) is 25.2 Å². The van der Waals surface area contributed by atoms with E-state index in [0.29, 0.717) is 6.54 Å². The Morgan fingerprint density at radius 1 is 1.71 bits per heavy atom. The van der Waals surface area contributed by atoms with E-state index in [2.05, 4.69) is 31.5 Å². The second-order valence-corrected chi connectivity index (χ2v) is 4.81. The summed E-state index contributed by atoms with van der Waals surface area (Å²) >= 11 is 3.26. The number of nitrogens with zero attached hydrogens (tertiary/aromatic N) is 1. The van der Waals surface area contributed by atoms with Crippen molar-refractivity contribution < 1.29 is 9.18 Å². The molecule has 92 valence electrons. The number of hydrogen-bond acceptors (Lipinski definition) is 3. The summed E-state index contributed by atoms with van der Waals surface area (Å²) in [5.74, 6) is -0.155. The molecule has 0 aliphatic carbocycles. The van der Waals surface area contributed by atoms with Gasteiger partial charge in [0.25, 0.3) is 0 Å². The van der Waals surface area contributed by atoms with Gasteiger partial charge in [-0.25, -0.2) is 9.37 Å². The Hall–Kier alpha value is -1.01. The molecule has 2 unspecified atom stereocenters. The van der Waals surface area contributed by atoms with E-state index in [0.717, 1.165) is 10.2 Å². The average Bonchev–Trinajstić information content (AvgIpc) is 2.73. The Bertz CT molecular complexity index is 415. The second-order valence-electron chi connectivity index (χ2n) is 4.00. The van der Waals surface area contributed by atoms with Crippen LogP contribution in [0.2, 0.25) is 0 Å². The first-order chi connectivity index (χ1) is 8.15. The minimum absolute atomic E-state index is 0.155. The maximum Gasteiger partial charge on any atom is 0.237 e. The minimum Gasteiger partial charge on any atom is -0.351 e. The first-order valence-corrected chi connectivity index (χ1v) is 6.20. The van der Waals surface area contributed by atoms with Crippen molar-refractivity contribution in [3.8, 4) is 0 Å². The first-order valence-electron chi connectivity index (χ1n) is 5.41. The van der Waals surface area contributed by atoms with E-state index in [1.807, 2.05) is 12.1 Å². The predicted molar refractivity (Wildman–Crippen MR) is 65.1 cm³/mol. The Labute approximate surface area is 107 Å². The Balaban J connectivity index is 1.84. The van der Waals surface area contributed by atoms with Crippen LogP contribution in [0.5, 0.6) is 0 Å². The van der Waals surface area contributed by atoms with Crippen LogP contribution in [-0.2, 0) is 11.3 Å². The second kappa shape index (κ2) is 5.55. The molecule has 0 spiro atoms. The fourth-order valence-corrected chi connectivity index (χ4v) is 2.17. The SMILES string of the molecule is O=C(NCc1ccnc(Br)c1)C1CC(F)CN1. The largest absolute Gasteiger partial charge is 0.351 e. The smallest absolute Gasteiger partial charge is 0.237 e. The molecule has 0 bridgehead atoms. The van der Waals surface area contributed by atoms with Crippen molar-refractivity contribution in [2.24, 2.45) is 0 Å². The third kappa shape index (κ3) is 3.47. The van der Waals surface area contributed by atoms with E-state index in [1.165, 1.54) is 0 Å². The van der Waals surface area contributed by atoms with Gasteiger partial charge in [0.2, 0.25) is 5.91 Å². The molecule has 1 fully saturated rings. The summed E-state index contributed by atoms with van der Waals surface area (Å²) in [5, 5.41) is 5.62. The van der Waals surface area contributed by atoms with Crippen molar-refractivity contribution in [2.75, 3.05) is 6.54 Å². The van der Waals surface area contributed by atoms with E-state index in [-0.39, 0.29) is 18.9 Å². The summed E-state index contributed by atoms with van der Waals surface area (Å²) in [5.41, 5.74) is 0.954. The van der Waals surface area contributed by atoms with Crippen LogP contribution in [0.15, 0.2) is 22.9 Å². The standard InChI is InChI=1S/C11H13BrFN3O/c12-10-3-7(1-2-14-10)5-16-11(17)9-4-8(13)6-15-9/h1-3,8-9,15H,4-6H2,(H,16,17). The number of carbonyl (C=O) groups excluding carboxylic acids is 1. The molecule has 6 heteroatoms. The van der Waals surface area contributed by atoms with Gasteiger partial charge in [-0.2, -0.15) is 0 Å². The van der Waals surface area contributed by atoms with Crippen molar-refractivity contribution in [3.05, 3.63) is 28.5 Å². The summed E-state index contributed by atoms with van der Waals surface area (Å²) in [6, 6.07) is 3.25. The van der Waals surface area contributed by atoms with E-state index in [1.54, 1.807) is 6.20 Å². The number of alkyl halides is 1. The average molecular weight is 302 g/mol. The van der Waals surface area contributed by atoms with Gasteiger partial charge in [-0.15, -0.1) is 0 Å². The van der Waals surface area contributed by atoms with E-state index in [9.17, 15) is 9.18 Å². The molecule has 4 nitrogen and oxygen atoms in total. The highest BCUT2D eigenvalue weighted by atomic mass is 79.9. The van der Waals surface area contributed by atoms with Gasteiger partial charge in [0, 0.05) is 25.7 Å². The molecule has 2 heterocycles. The van der Waals surface area contributed by atoms with Gasteiger partial charge in [-0.05, 0) is 33.6 Å². The third-order valence-electron chi connectivity index (χ3n) is 2.65. The molecule has 1 saturated heterocycles. The van der Waals surface area contributed by atoms with Crippen LogP contribution in [-0.4, -0.2) is 29.6 Å². The van der Waals surface area contributed by atoms with E-state index >= 15 is 0 Å². The highest BCUT2D eigenvalue weighted by Crippen LogP contribution is 2.11. The van der Waals surface area contributed by atoms with Crippen molar-refractivity contribution >= 4 is 21.8 Å². The number of amides is 1. The molecule has 0 radical (unpaired) electrons. The lowest BCUT2D eigenvalue weighted by Gasteiger charge is -2.10. The molecule has 2 rings (SSSR count). The molecule has 1 aromatic rings. The third-order valence-corrected chi connectivity index (χ3v) is 3.09. The fourth-order valence-electron chi connectivity index (χ4n) is 1.76. The number of carbonyl (C=O) groups is 1. The molecule has 1 aromatic heterocycles. The van der Waals surface area contributed by atoms with Crippen LogP contribution in [0.3, 0.4) is 0 Å². The number of nitrogens with one attached hydrogen (secondary N) is 2. The van der Waals surface area contributed by atoms with Gasteiger partial charge in [-0.3, -0.25) is 4.79 Å². The minimum atomic E-state index is -0.916. The van der Waals surface area contributed by atoms with Crippen LogP contribution in [0.25, 0.3) is 0 Å². The van der Waals surface area contributed by atoms with Crippen LogP contribution >= 0.6 is 15.9 Å². The number of hydrogen-bond donors (Lipinski definition) is 2. The fraction of sp³-hybridized carbons (Fsp3) is 0.455. The first kappa shape index (κ1) is 12.4. The molecule has 1 amide bonds. The number of pyridine rings is 1. The normalized spacial score (nSPS) is 23.6. The van der Waals surface area contributed by atoms with Crippen molar-refractivity contribution in [1.82, 2.24) is 15.6 Å². The monoisotopic (exact) mass is 301 g/mol. The number of rotatable bonds is 3. The zero-order valence-electron chi connectivity index (χ0n) is 9.12. The van der Waals surface area contributed by atoms with Crippen LogP contribution in [0, 0.1) is 0 Å². The molecular formula is C11H13BrFN3O. The summed E-state index contributed by atoms with van der Waals surface area (Å²) < 4.78 is 13.6. The zero-order chi connectivity index (χ0) is 12.3. The topological polar surface area (TPSA) is 54.0 Å². The zero-order valence-corrected chi connectivity index (χ0v) is 10.7. The lowest BCUT2D eigenvalue weighted by atomic mass is 10.2. The predicted octanol–water partition coefficient (Wildman–Crippen LogP) is 1.16. The van der Waals surface area contributed by atoms with Crippen molar-refractivity contribution in [1.29, 1.82) is 0 Å². The van der Waals surface area contributed by atoms with Crippen LogP contribution < -0.4 is 10.6 Å². The molecule has 2 atom stereocenters. The van der Waals surface area contributed by atoms with Crippen LogP contribution in [0.1, 0.15) is 12.0 Å². The quantitative estimate of drug-likeness (QED) is 0.824. The van der Waals surface area contributed by atoms with Gasteiger partial charge in [0.05, 0.1) is 6.04 Å². The number of halogens is 2. The van der Waals surface area contributed by atoms with Gasteiger partial charge < -0.3 is 10.6 Å². The van der Waals surface area contributed by atoms with Gasteiger partial charge >= 0.3 is 0 Å². The lowest BCUT2D eigenvalue weighted by molar-refractivity contribution is -0.123. The Kier molecular flexibility index (Phi) is 4.06. The maximum absolute atomic E-state index is 12.9. The molecule has 1 aliphatic heterocycles. The number of aromatic nitrogens is 1. The highest BCUT2D eigenvalue weighted by molar-refractivity contribution is 9.10.